The number of benzene rings is 1. The van der Waals surface area contributed by atoms with Crippen LogP contribution in [0, 0.1) is 0 Å². The maximum Gasteiger partial charge on any atom is 0.119 e. The SMILES string of the molecule is OC(CNCCN1CCSCC1)COc1ccc(Cl)cc1. The van der Waals surface area contributed by atoms with E-state index in [2.05, 4.69) is 10.2 Å². The number of aliphatic hydroxyl groups excluding tert-OH is 1. The molecule has 0 spiro atoms. The van der Waals surface area contributed by atoms with E-state index in [-0.39, 0.29) is 6.61 Å². The van der Waals surface area contributed by atoms with Gasteiger partial charge in [0.15, 0.2) is 0 Å². The average molecular weight is 331 g/mol. The first kappa shape index (κ1) is 16.9. The Labute approximate surface area is 135 Å². The molecule has 1 heterocycles. The molecule has 4 nitrogen and oxygen atoms in total. The van der Waals surface area contributed by atoms with Crippen molar-refractivity contribution in [2.45, 2.75) is 6.10 Å². The van der Waals surface area contributed by atoms with E-state index in [9.17, 15) is 5.11 Å². The van der Waals surface area contributed by atoms with Crippen LogP contribution >= 0.6 is 23.4 Å². The molecule has 0 saturated carbocycles. The summed E-state index contributed by atoms with van der Waals surface area (Å²) < 4.78 is 5.51. The van der Waals surface area contributed by atoms with Gasteiger partial charge in [-0.15, -0.1) is 0 Å². The fourth-order valence-electron chi connectivity index (χ4n) is 2.11. The number of nitrogens with zero attached hydrogens (tertiary/aromatic N) is 1. The second-order valence-electron chi connectivity index (χ2n) is 5.08. The average Bonchev–Trinajstić information content (AvgIpc) is 2.52. The first-order valence-electron chi connectivity index (χ1n) is 7.31. The van der Waals surface area contributed by atoms with Gasteiger partial charge in [0.1, 0.15) is 18.5 Å². The summed E-state index contributed by atoms with van der Waals surface area (Å²) in [4.78, 5) is 2.46. The number of hydrogen-bond acceptors (Lipinski definition) is 5. The lowest BCUT2D eigenvalue weighted by Gasteiger charge is -2.26. The summed E-state index contributed by atoms with van der Waals surface area (Å²) in [6.45, 7) is 5.14. The summed E-state index contributed by atoms with van der Waals surface area (Å²) in [5.74, 6) is 3.19. The zero-order valence-electron chi connectivity index (χ0n) is 12.1. The molecule has 2 rings (SSSR count). The lowest BCUT2D eigenvalue weighted by Crippen LogP contribution is -2.40. The number of halogens is 1. The van der Waals surface area contributed by atoms with Crippen LogP contribution in [0.4, 0.5) is 0 Å². The number of rotatable bonds is 8. The van der Waals surface area contributed by atoms with Gasteiger partial charge in [0.05, 0.1) is 0 Å². The number of hydrogen-bond donors (Lipinski definition) is 2. The highest BCUT2D eigenvalue weighted by Gasteiger charge is 2.10. The van der Waals surface area contributed by atoms with Crippen molar-refractivity contribution in [2.24, 2.45) is 0 Å². The van der Waals surface area contributed by atoms with Gasteiger partial charge in [0.25, 0.3) is 0 Å². The highest BCUT2D eigenvalue weighted by Crippen LogP contribution is 2.15. The standard InChI is InChI=1S/C15H23ClN2O2S/c16-13-1-3-15(4-2-13)20-12-14(19)11-17-5-6-18-7-9-21-10-8-18/h1-4,14,17,19H,5-12H2. The van der Waals surface area contributed by atoms with Gasteiger partial charge >= 0.3 is 0 Å². The number of ether oxygens (including phenoxy) is 1. The van der Waals surface area contributed by atoms with Crippen molar-refractivity contribution in [1.82, 2.24) is 10.2 Å². The Balaban J connectivity index is 1.52. The predicted molar refractivity (Wildman–Crippen MR) is 89.6 cm³/mol. The monoisotopic (exact) mass is 330 g/mol. The third-order valence-electron chi connectivity index (χ3n) is 3.34. The fourth-order valence-corrected chi connectivity index (χ4v) is 3.22. The van der Waals surface area contributed by atoms with Crippen molar-refractivity contribution >= 4 is 23.4 Å². The molecule has 0 amide bonds. The van der Waals surface area contributed by atoms with Crippen molar-refractivity contribution in [3.8, 4) is 5.75 Å². The zero-order valence-corrected chi connectivity index (χ0v) is 13.7. The van der Waals surface area contributed by atoms with Gasteiger partial charge in [-0.05, 0) is 24.3 Å². The lowest BCUT2D eigenvalue weighted by molar-refractivity contribution is 0.106. The van der Waals surface area contributed by atoms with Crippen LogP contribution in [0.2, 0.25) is 5.02 Å². The van der Waals surface area contributed by atoms with Crippen LogP contribution in [-0.4, -0.2) is 66.9 Å². The van der Waals surface area contributed by atoms with Gasteiger partial charge in [-0.2, -0.15) is 11.8 Å². The highest BCUT2D eigenvalue weighted by atomic mass is 35.5. The first-order valence-corrected chi connectivity index (χ1v) is 8.84. The number of thioether (sulfide) groups is 1. The molecule has 1 aromatic rings. The van der Waals surface area contributed by atoms with Gasteiger partial charge in [0, 0.05) is 49.3 Å². The van der Waals surface area contributed by atoms with E-state index in [0.717, 1.165) is 18.8 Å². The van der Waals surface area contributed by atoms with Crippen LogP contribution < -0.4 is 10.1 Å². The van der Waals surface area contributed by atoms with Crippen molar-refractivity contribution in [3.05, 3.63) is 29.3 Å². The van der Waals surface area contributed by atoms with Crippen molar-refractivity contribution < 1.29 is 9.84 Å². The predicted octanol–water partition coefficient (Wildman–Crippen LogP) is 1.72. The molecule has 2 N–H and O–H groups in total. The van der Waals surface area contributed by atoms with E-state index in [0.29, 0.717) is 11.6 Å². The van der Waals surface area contributed by atoms with Gasteiger partial charge < -0.3 is 20.1 Å². The minimum absolute atomic E-state index is 0.287. The Morgan fingerprint density at radius 2 is 2.00 bits per heavy atom. The van der Waals surface area contributed by atoms with Crippen molar-refractivity contribution in [3.63, 3.8) is 0 Å². The Morgan fingerprint density at radius 3 is 2.71 bits per heavy atom. The van der Waals surface area contributed by atoms with Gasteiger partial charge in [-0.3, -0.25) is 0 Å². The van der Waals surface area contributed by atoms with Crippen molar-refractivity contribution in [2.75, 3.05) is 50.8 Å². The van der Waals surface area contributed by atoms with Gasteiger partial charge in [-0.1, -0.05) is 11.6 Å². The molecule has 0 aromatic heterocycles. The highest BCUT2D eigenvalue weighted by molar-refractivity contribution is 7.99. The zero-order chi connectivity index (χ0) is 14.9. The minimum Gasteiger partial charge on any atom is -0.491 e. The van der Waals surface area contributed by atoms with Crippen molar-refractivity contribution in [1.29, 1.82) is 0 Å². The second kappa shape index (κ2) is 9.54. The van der Waals surface area contributed by atoms with E-state index < -0.39 is 6.10 Å². The van der Waals surface area contributed by atoms with Crippen LogP contribution in [0.15, 0.2) is 24.3 Å². The molecule has 1 saturated heterocycles. The summed E-state index contributed by atoms with van der Waals surface area (Å²) in [6.07, 6.45) is -0.502. The molecule has 1 aliphatic heterocycles. The van der Waals surface area contributed by atoms with Crippen LogP contribution in [-0.2, 0) is 0 Å². The molecule has 21 heavy (non-hydrogen) atoms. The molecule has 0 radical (unpaired) electrons. The van der Waals surface area contributed by atoms with E-state index in [4.69, 9.17) is 16.3 Å². The van der Waals surface area contributed by atoms with Crippen LogP contribution in [0.25, 0.3) is 0 Å². The molecule has 1 fully saturated rings. The number of nitrogens with one attached hydrogen (secondary N) is 1. The molecule has 6 heteroatoms. The first-order chi connectivity index (χ1) is 10.2. The summed E-state index contributed by atoms with van der Waals surface area (Å²) in [7, 11) is 0. The lowest BCUT2D eigenvalue weighted by atomic mass is 10.3. The molecular formula is C15H23ClN2O2S. The smallest absolute Gasteiger partial charge is 0.119 e. The van der Waals surface area contributed by atoms with Gasteiger partial charge in [-0.25, -0.2) is 0 Å². The molecule has 1 atom stereocenters. The minimum atomic E-state index is -0.502. The Hall–Kier alpha value is -0.460. The molecule has 1 unspecified atom stereocenters. The third kappa shape index (κ3) is 6.89. The number of aliphatic hydroxyl groups is 1. The van der Waals surface area contributed by atoms with E-state index >= 15 is 0 Å². The second-order valence-corrected chi connectivity index (χ2v) is 6.74. The maximum absolute atomic E-state index is 9.87. The van der Waals surface area contributed by atoms with E-state index in [1.165, 1.54) is 24.6 Å². The molecule has 1 aromatic carbocycles. The Bertz CT molecular complexity index is 399. The summed E-state index contributed by atoms with van der Waals surface area (Å²) in [6, 6.07) is 7.16. The molecule has 1 aliphatic rings. The summed E-state index contributed by atoms with van der Waals surface area (Å²) in [5.41, 5.74) is 0. The quantitative estimate of drug-likeness (QED) is 0.711. The Morgan fingerprint density at radius 1 is 1.29 bits per heavy atom. The molecule has 118 valence electrons. The van der Waals surface area contributed by atoms with Crippen LogP contribution in [0.1, 0.15) is 0 Å². The summed E-state index contributed by atoms with van der Waals surface area (Å²) >= 11 is 7.82. The fraction of sp³-hybridized carbons (Fsp3) is 0.600. The van der Waals surface area contributed by atoms with Crippen LogP contribution in [0.3, 0.4) is 0 Å². The summed E-state index contributed by atoms with van der Waals surface area (Å²) in [5, 5.41) is 13.8. The van der Waals surface area contributed by atoms with Gasteiger partial charge in [0.2, 0.25) is 0 Å². The van der Waals surface area contributed by atoms with E-state index in [1.807, 2.05) is 11.8 Å². The molecule has 0 aliphatic carbocycles. The normalized spacial score (nSPS) is 17.6. The maximum atomic E-state index is 9.87. The Kier molecular flexibility index (Phi) is 7.68. The largest absolute Gasteiger partial charge is 0.491 e. The topological polar surface area (TPSA) is 44.7 Å². The molecular weight excluding hydrogens is 308 g/mol. The van der Waals surface area contributed by atoms with Crippen LogP contribution in [0.5, 0.6) is 5.75 Å². The third-order valence-corrected chi connectivity index (χ3v) is 4.54. The molecule has 0 bridgehead atoms. The van der Waals surface area contributed by atoms with E-state index in [1.54, 1.807) is 24.3 Å².